The summed E-state index contributed by atoms with van der Waals surface area (Å²) in [7, 11) is 5.47. The Morgan fingerprint density at radius 1 is 1.33 bits per heavy atom. The Hall–Kier alpha value is -1.53. The molecule has 0 amide bonds. The van der Waals surface area contributed by atoms with Crippen LogP contribution < -0.4 is 4.74 Å². The first-order valence-corrected chi connectivity index (χ1v) is 5.91. The third-order valence-corrected chi connectivity index (χ3v) is 3.25. The normalized spacial score (nSPS) is 21.8. The molecule has 6 heteroatoms. The maximum absolute atomic E-state index is 12.5. The van der Waals surface area contributed by atoms with Gasteiger partial charge in [0.05, 0.1) is 13.2 Å². The Kier molecular flexibility index (Phi) is 3.88. The number of nitrogens with zero attached hydrogens (tertiary/aromatic N) is 4. The zero-order valence-electron chi connectivity index (χ0n) is 11.0. The van der Waals surface area contributed by atoms with Crippen LogP contribution in [0.4, 0.5) is 0 Å². The summed E-state index contributed by atoms with van der Waals surface area (Å²) in [5.41, 5.74) is 0.312. The molecule has 98 valence electrons. The molecule has 0 aliphatic carbocycles. The average Bonchev–Trinajstić information content (AvgIpc) is 2.40. The van der Waals surface area contributed by atoms with E-state index in [1.165, 1.54) is 19.5 Å². The molecule has 0 bridgehead atoms. The van der Waals surface area contributed by atoms with Crippen molar-refractivity contribution in [2.24, 2.45) is 0 Å². The van der Waals surface area contributed by atoms with Crippen molar-refractivity contribution >= 4 is 5.78 Å². The first-order chi connectivity index (χ1) is 8.63. The minimum Gasteiger partial charge on any atom is -0.479 e. The highest BCUT2D eigenvalue weighted by Crippen LogP contribution is 2.17. The van der Waals surface area contributed by atoms with E-state index >= 15 is 0 Å². The topological polar surface area (TPSA) is 58.6 Å². The van der Waals surface area contributed by atoms with Gasteiger partial charge in [-0.05, 0) is 14.1 Å². The fourth-order valence-electron chi connectivity index (χ4n) is 2.09. The maximum atomic E-state index is 12.5. The Balaban J connectivity index is 2.24. The summed E-state index contributed by atoms with van der Waals surface area (Å²) in [5, 5.41) is 0. The summed E-state index contributed by atoms with van der Waals surface area (Å²) >= 11 is 0. The minimum atomic E-state index is -0.186. The van der Waals surface area contributed by atoms with Crippen LogP contribution in [0, 0.1) is 0 Å². The van der Waals surface area contributed by atoms with Gasteiger partial charge in [-0.15, -0.1) is 0 Å². The van der Waals surface area contributed by atoms with Crippen molar-refractivity contribution in [1.82, 2.24) is 19.8 Å². The molecule has 2 rings (SSSR count). The lowest BCUT2D eigenvalue weighted by Gasteiger charge is -2.36. The first-order valence-electron chi connectivity index (χ1n) is 5.91. The van der Waals surface area contributed by atoms with Crippen LogP contribution in [0.1, 0.15) is 10.5 Å². The molecule has 0 radical (unpaired) electrons. The molecule has 0 aromatic carbocycles. The predicted octanol–water partition coefficient (Wildman–Crippen LogP) is -0.0863. The van der Waals surface area contributed by atoms with Crippen LogP contribution in [0.25, 0.3) is 0 Å². The van der Waals surface area contributed by atoms with Crippen molar-refractivity contribution in [3.8, 4) is 5.88 Å². The molecule has 1 atom stereocenters. The summed E-state index contributed by atoms with van der Waals surface area (Å²) in [6.45, 7) is 2.54. The van der Waals surface area contributed by atoms with Gasteiger partial charge in [-0.25, -0.2) is 9.97 Å². The Labute approximate surface area is 107 Å². The second-order valence-corrected chi connectivity index (χ2v) is 4.54. The van der Waals surface area contributed by atoms with Crippen LogP contribution >= 0.6 is 0 Å². The zero-order valence-corrected chi connectivity index (χ0v) is 11.0. The fourth-order valence-corrected chi connectivity index (χ4v) is 2.09. The molecule has 2 heterocycles. The molecule has 0 spiro atoms. The molecule has 6 nitrogen and oxygen atoms in total. The van der Waals surface area contributed by atoms with Crippen molar-refractivity contribution in [1.29, 1.82) is 0 Å². The van der Waals surface area contributed by atoms with Crippen LogP contribution in [0.2, 0.25) is 0 Å². The Morgan fingerprint density at radius 2 is 2.06 bits per heavy atom. The average molecular weight is 250 g/mol. The monoisotopic (exact) mass is 250 g/mol. The number of likely N-dealkylation sites (N-methyl/N-ethyl adjacent to an activating group) is 2. The molecule has 1 aliphatic heterocycles. The molecule has 1 fully saturated rings. The lowest BCUT2D eigenvalue weighted by Crippen LogP contribution is -2.53. The number of methoxy groups -OCH3 is 1. The zero-order chi connectivity index (χ0) is 13.1. The lowest BCUT2D eigenvalue weighted by molar-refractivity contribution is 0.0677. The third kappa shape index (κ3) is 2.49. The van der Waals surface area contributed by atoms with Gasteiger partial charge >= 0.3 is 0 Å². The molecule has 1 unspecified atom stereocenters. The molecule has 18 heavy (non-hydrogen) atoms. The summed E-state index contributed by atoms with van der Waals surface area (Å²) in [5.74, 6) is 0.262. The molecular weight excluding hydrogens is 232 g/mol. The summed E-state index contributed by atoms with van der Waals surface area (Å²) in [6, 6.07) is -0.186. The number of carbonyl (C=O) groups is 1. The standard InChI is InChI=1S/C12H18N4O2/c1-15-6-7-16(2)9(8-15)11(17)10-12(18-3)14-5-4-13-10/h4-5,9H,6-8H2,1-3H3. The molecular formula is C12H18N4O2. The van der Waals surface area contributed by atoms with Crippen molar-refractivity contribution < 1.29 is 9.53 Å². The number of piperazine rings is 1. The van der Waals surface area contributed by atoms with Gasteiger partial charge in [-0.2, -0.15) is 0 Å². The van der Waals surface area contributed by atoms with E-state index in [0.717, 1.165) is 13.1 Å². The van der Waals surface area contributed by atoms with Gasteiger partial charge in [0.15, 0.2) is 5.69 Å². The lowest BCUT2D eigenvalue weighted by atomic mass is 10.1. The molecule has 1 saturated heterocycles. The van der Waals surface area contributed by atoms with Gasteiger partial charge in [0, 0.05) is 32.0 Å². The molecule has 0 N–H and O–H groups in total. The Bertz CT molecular complexity index is 438. The highest BCUT2D eigenvalue weighted by molar-refractivity contribution is 6.00. The van der Waals surface area contributed by atoms with E-state index in [4.69, 9.17) is 4.74 Å². The smallest absolute Gasteiger partial charge is 0.243 e. The third-order valence-electron chi connectivity index (χ3n) is 3.25. The largest absolute Gasteiger partial charge is 0.479 e. The van der Waals surface area contributed by atoms with Crippen LogP contribution in [0.5, 0.6) is 5.88 Å². The van der Waals surface area contributed by atoms with E-state index in [1.807, 2.05) is 14.1 Å². The highest BCUT2D eigenvalue weighted by Gasteiger charge is 2.31. The molecule has 1 aromatic heterocycles. The number of hydrogen-bond acceptors (Lipinski definition) is 6. The first kappa shape index (κ1) is 12.9. The van der Waals surface area contributed by atoms with Gasteiger partial charge in [0.25, 0.3) is 0 Å². The second kappa shape index (κ2) is 5.41. The second-order valence-electron chi connectivity index (χ2n) is 4.54. The van der Waals surface area contributed by atoms with E-state index in [9.17, 15) is 4.79 Å². The van der Waals surface area contributed by atoms with Crippen LogP contribution in [0.3, 0.4) is 0 Å². The number of rotatable bonds is 3. The van der Waals surface area contributed by atoms with Crippen molar-refractivity contribution in [3.05, 3.63) is 18.1 Å². The fraction of sp³-hybridized carbons (Fsp3) is 0.583. The van der Waals surface area contributed by atoms with Crippen molar-refractivity contribution in [2.75, 3.05) is 40.8 Å². The molecule has 0 saturated carbocycles. The highest BCUT2D eigenvalue weighted by atomic mass is 16.5. The summed E-state index contributed by atoms with van der Waals surface area (Å²) in [4.78, 5) is 24.8. The minimum absolute atomic E-state index is 0.0333. The van der Waals surface area contributed by atoms with E-state index in [0.29, 0.717) is 18.1 Å². The van der Waals surface area contributed by atoms with Crippen LogP contribution in [-0.4, -0.2) is 72.4 Å². The van der Waals surface area contributed by atoms with Gasteiger partial charge in [0.2, 0.25) is 11.7 Å². The number of carbonyl (C=O) groups excluding carboxylic acids is 1. The number of hydrogen-bond donors (Lipinski definition) is 0. The number of Topliss-reactive ketones (excluding diaryl/α,β-unsaturated/α-hetero) is 1. The quantitative estimate of drug-likeness (QED) is 0.699. The van der Waals surface area contributed by atoms with E-state index in [-0.39, 0.29) is 11.8 Å². The number of ketones is 1. The molecule has 1 aromatic rings. The maximum Gasteiger partial charge on any atom is 0.243 e. The SMILES string of the molecule is COc1nccnc1C(=O)C1CN(C)CCN1C. The van der Waals surface area contributed by atoms with Gasteiger partial charge in [-0.1, -0.05) is 0 Å². The summed E-state index contributed by atoms with van der Waals surface area (Å²) < 4.78 is 5.09. The van der Waals surface area contributed by atoms with Crippen molar-refractivity contribution in [3.63, 3.8) is 0 Å². The summed E-state index contributed by atoms with van der Waals surface area (Å²) in [6.07, 6.45) is 3.04. The van der Waals surface area contributed by atoms with E-state index < -0.39 is 0 Å². The van der Waals surface area contributed by atoms with Gasteiger partial charge in [-0.3, -0.25) is 9.69 Å². The predicted molar refractivity (Wildman–Crippen MR) is 66.8 cm³/mol. The Morgan fingerprint density at radius 3 is 2.78 bits per heavy atom. The number of aromatic nitrogens is 2. The van der Waals surface area contributed by atoms with E-state index in [2.05, 4.69) is 19.8 Å². The van der Waals surface area contributed by atoms with Crippen molar-refractivity contribution in [2.45, 2.75) is 6.04 Å². The number of ether oxygens (including phenoxy) is 1. The van der Waals surface area contributed by atoms with Gasteiger partial charge < -0.3 is 9.64 Å². The van der Waals surface area contributed by atoms with E-state index in [1.54, 1.807) is 0 Å². The molecule has 1 aliphatic rings. The van der Waals surface area contributed by atoms with Gasteiger partial charge in [0.1, 0.15) is 0 Å². The van der Waals surface area contributed by atoms with Crippen LogP contribution in [0.15, 0.2) is 12.4 Å². The van der Waals surface area contributed by atoms with Crippen LogP contribution in [-0.2, 0) is 0 Å².